The van der Waals surface area contributed by atoms with Crippen LogP contribution in [0.4, 0.5) is 5.69 Å². The third kappa shape index (κ3) is 3.27. The maximum absolute atomic E-state index is 12.6. The van der Waals surface area contributed by atoms with E-state index in [2.05, 4.69) is 5.32 Å². The number of benzene rings is 2. The lowest BCUT2D eigenvalue weighted by Crippen LogP contribution is -2.13. The molecule has 0 unspecified atom stereocenters. The van der Waals surface area contributed by atoms with Crippen LogP contribution in [0.3, 0.4) is 0 Å². The SMILES string of the molecule is Cc1ccc(S(C)(=O)=O)cc1NC(=O)c1oc2c(Cl)cccc2c1C. The minimum atomic E-state index is -3.37. The minimum Gasteiger partial charge on any atom is -0.449 e. The van der Waals surface area contributed by atoms with Crippen molar-refractivity contribution < 1.29 is 17.6 Å². The molecule has 1 amide bonds. The van der Waals surface area contributed by atoms with Crippen LogP contribution < -0.4 is 5.32 Å². The van der Waals surface area contributed by atoms with E-state index < -0.39 is 15.7 Å². The van der Waals surface area contributed by atoms with Gasteiger partial charge in [-0.15, -0.1) is 0 Å². The van der Waals surface area contributed by atoms with Gasteiger partial charge < -0.3 is 9.73 Å². The van der Waals surface area contributed by atoms with E-state index in [-0.39, 0.29) is 10.7 Å². The van der Waals surface area contributed by atoms with Gasteiger partial charge in [0, 0.05) is 22.9 Å². The maximum atomic E-state index is 12.6. The summed E-state index contributed by atoms with van der Waals surface area (Å²) in [6.45, 7) is 3.56. The van der Waals surface area contributed by atoms with E-state index in [0.717, 1.165) is 17.2 Å². The standard InChI is InChI=1S/C18H16ClNO4S/c1-10-7-8-12(25(3,22)23)9-15(10)20-18(21)16-11(2)13-5-4-6-14(19)17(13)24-16/h4-9H,1-3H3,(H,20,21). The molecule has 1 heterocycles. The highest BCUT2D eigenvalue weighted by molar-refractivity contribution is 7.90. The van der Waals surface area contributed by atoms with E-state index in [1.807, 2.05) is 6.07 Å². The van der Waals surface area contributed by atoms with Gasteiger partial charge in [-0.05, 0) is 37.6 Å². The highest BCUT2D eigenvalue weighted by atomic mass is 35.5. The quantitative estimate of drug-likeness (QED) is 0.735. The molecule has 1 N–H and O–H groups in total. The number of carbonyl (C=O) groups is 1. The summed E-state index contributed by atoms with van der Waals surface area (Å²) in [4.78, 5) is 12.8. The monoisotopic (exact) mass is 377 g/mol. The Morgan fingerprint density at radius 1 is 1.16 bits per heavy atom. The van der Waals surface area contributed by atoms with Crippen LogP contribution in [0.2, 0.25) is 5.02 Å². The molecule has 0 aliphatic carbocycles. The van der Waals surface area contributed by atoms with Crippen molar-refractivity contribution in [3.8, 4) is 0 Å². The Morgan fingerprint density at radius 2 is 1.88 bits per heavy atom. The number of hydrogen-bond donors (Lipinski definition) is 1. The molecule has 2 aromatic carbocycles. The summed E-state index contributed by atoms with van der Waals surface area (Å²) in [5, 5.41) is 3.91. The number of rotatable bonds is 3. The zero-order valence-electron chi connectivity index (χ0n) is 13.9. The van der Waals surface area contributed by atoms with E-state index >= 15 is 0 Å². The molecular weight excluding hydrogens is 362 g/mol. The average molecular weight is 378 g/mol. The Labute approximate surface area is 150 Å². The second kappa shape index (κ2) is 6.20. The zero-order valence-corrected chi connectivity index (χ0v) is 15.5. The molecule has 25 heavy (non-hydrogen) atoms. The largest absolute Gasteiger partial charge is 0.449 e. The molecular formula is C18H16ClNO4S. The first-order valence-corrected chi connectivity index (χ1v) is 9.75. The lowest BCUT2D eigenvalue weighted by molar-refractivity contribution is 0.0998. The van der Waals surface area contributed by atoms with Gasteiger partial charge >= 0.3 is 0 Å². The fourth-order valence-corrected chi connectivity index (χ4v) is 3.43. The molecule has 3 rings (SSSR count). The molecule has 0 aliphatic heterocycles. The summed E-state index contributed by atoms with van der Waals surface area (Å²) in [6.07, 6.45) is 1.12. The molecule has 130 valence electrons. The summed E-state index contributed by atoms with van der Waals surface area (Å²) in [6, 6.07) is 9.89. The Morgan fingerprint density at radius 3 is 2.52 bits per heavy atom. The Balaban J connectivity index is 2.01. The van der Waals surface area contributed by atoms with Crippen molar-refractivity contribution >= 4 is 44.0 Å². The van der Waals surface area contributed by atoms with Crippen LogP contribution in [0.5, 0.6) is 0 Å². The van der Waals surface area contributed by atoms with Crippen molar-refractivity contribution in [1.29, 1.82) is 0 Å². The molecule has 0 aliphatic rings. The Hall–Kier alpha value is -2.31. The lowest BCUT2D eigenvalue weighted by atomic mass is 10.1. The second-order valence-electron chi connectivity index (χ2n) is 5.88. The number of para-hydroxylation sites is 1. The number of fused-ring (bicyclic) bond motifs is 1. The summed E-state index contributed by atoms with van der Waals surface area (Å²) in [5.41, 5.74) is 2.28. The summed E-state index contributed by atoms with van der Waals surface area (Å²) >= 11 is 6.11. The second-order valence-corrected chi connectivity index (χ2v) is 8.30. The first-order valence-electron chi connectivity index (χ1n) is 7.48. The van der Waals surface area contributed by atoms with Gasteiger partial charge in [0.05, 0.1) is 9.92 Å². The van der Waals surface area contributed by atoms with Gasteiger partial charge in [-0.25, -0.2) is 8.42 Å². The highest BCUT2D eigenvalue weighted by Gasteiger charge is 2.20. The minimum absolute atomic E-state index is 0.137. The predicted molar refractivity (Wildman–Crippen MR) is 98.2 cm³/mol. The van der Waals surface area contributed by atoms with Crippen molar-refractivity contribution in [3.05, 3.63) is 58.3 Å². The van der Waals surface area contributed by atoms with Crippen molar-refractivity contribution in [2.75, 3.05) is 11.6 Å². The fourth-order valence-electron chi connectivity index (χ4n) is 2.57. The first-order chi connectivity index (χ1) is 11.7. The molecule has 0 spiro atoms. The normalized spacial score (nSPS) is 11.7. The van der Waals surface area contributed by atoms with Crippen LogP contribution in [0, 0.1) is 13.8 Å². The molecule has 0 bridgehead atoms. The van der Waals surface area contributed by atoms with Crippen LogP contribution in [0.1, 0.15) is 21.7 Å². The van der Waals surface area contributed by atoms with Gasteiger partial charge in [-0.3, -0.25) is 4.79 Å². The number of nitrogens with one attached hydrogen (secondary N) is 1. The Bertz CT molecular complexity index is 1100. The van der Waals surface area contributed by atoms with E-state index in [9.17, 15) is 13.2 Å². The van der Waals surface area contributed by atoms with Crippen LogP contribution >= 0.6 is 11.6 Å². The van der Waals surface area contributed by atoms with E-state index in [1.54, 1.807) is 32.0 Å². The van der Waals surface area contributed by atoms with Crippen molar-refractivity contribution in [1.82, 2.24) is 0 Å². The number of furan rings is 1. The van der Waals surface area contributed by atoms with Gasteiger partial charge in [0.15, 0.2) is 21.2 Å². The van der Waals surface area contributed by atoms with Crippen LogP contribution in [-0.4, -0.2) is 20.6 Å². The van der Waals surface area contributed by atoms with Crippen molar-refractivity contribution in [2.45, 2.75) is 18.7 Å². The number of aryl methyl sites for hydroxylation is 2. The number of sulfone groups is 1. The van der Waals surface area contributed by atoms with Gasteiger partial charge in [0.1, 0.15) is 0 Å². The van der Waals surface area contributed by atoms with Crippen LogP contribution in [0.25, 0.3) is 11.0 Å². The molecule has 0 radical (unpaired) electrons. The number of halogens is 1. The zero-order chi connectivity index (χ0) is 18.4. The summed E-state index contributed by atoms with van der Waals surface area (Å²) in [7, 11) is -3.37. The lowest BCUT2D eigenvalue weighted by Gasteiger charge is -2.09. The Kier molecular flexibility index (Phi) is 4.34. The van der Waals surface area contributed by atoms with Gasteiger partial charge in [-0.2, -0.15) is 0 Å². The topological polar surface area (TPSA) is 76.4 Å². The fraction of sp³-hybridized carbons (Fsp3) is 0.167. The summed E-state index contributed by atoms with van der Waals surface area (Å²) < 4.78 is 29.1. The maximum Gasteiger partial charge on any atom is 0.291 e. The van der Waals surface area contributed by atoms with Crippen molar-refractivity contribution in [2.24, 2.45) is 0 Å². The molecule has 0 atom stereocenters. The van der Waals surface area contributed by atoms with Gasteiger partial charge in [0.2, 0.25) is 0 Å². The van der Waals surface area contributed by atoms with E-state index in [1.165, 1.54) is 12.1 Å². The number of anilines is 1. The predicted octanol–water partition coefficient (Wildman–Crippen LogP) is 4.36. The number of carbonyl (C=O) groups excluding carboxylic acids is 1. The van der Waals surface area contributed by atoms with E-state index in [4.69, 9.17) is 16.0 Å². The van der Waals surface area contributed by atoms with E-state index in [0.29, 0.717) is 21.9 Å². The number of hydrogen-bond acceptors (Lipinski definition) is 4. The molecule has 3 aromatic rings. The molecule has 0 saturated heterocycles. The molecule has 0 saturated carbocycles. The third-order valence-electron chi connectivity index (χ3n) is 4.01. The van der Waals surface area contributed by atoms with Gasteiger partial charge in [-0.1, -0.05) is 29.8 Å². The smallest absolute Gasteiger partial charge is 0.291 e. The van der Waals surface area contributed by atoms with Gasteiger partial charge in [0.25, 0.3) is 5.91 Å². The molecule has 7 heteroatoms. The van der Waals surface area contributed by atoms with Crippen LogP contribution in [0.15, 0.2) is 45.7 Å². The van der Waals surface area contributed by atoms with Crippen molar-refractivity contribution in [3.63, 3.8) is 0 Å². The van der Waals surface area contributed by atoms with Crippen LogP contribution in [-0.2, 0) is 9.84 Å². The average Bonchev–Trinajstić information content (AvgIpc) is 2.87. The molecule has 1 aromatic heterocycles. The number of amides is 1. The highest BCUT2D eigenvalue weighted by Crippen LogP contribution is 2.31. The first kappa shape index (κ1) is 17.5. The molecule has 0 fully saturated rings. The molecule has 5 nitrogen and oxygen atoms in total. The summed E-state index contributed by atoms with van der Waals surface area (Å²) in [5.74, 6) is -0.314. The third-order valence-corrected chi connectivity index (χ3v) is 5.42.